The largest absolute Gasteiger partial charge is 0.544 e. The fourth-order valence-electron chi connectivity index (χ4n) is 7.23. The number of hydrogen-bond acceptors (Lipinski definition) is 5. The lowest BCUT2D eigenvalue weighted by atomic mass is 10.2. The summed E-state index contributed by atoms with van der Waals surface area (Å²) in [5.74, 6) is 0.785. The Hall–Kier alpha value is -1.43. The Morgan fingerprint density at radius 1 is 0.789 bits per heavy atom. The monoisotopic (exact) mass is 566 g/mol. The van der Waals surface area contributed by atoms with E-state index in [0.29, 0.717) is 45.4 Å². The van der Waals surface area contributed by atoms with Crippen LogP contribution >= 0.6 is 0 Å². The van der Waals surface area contributed by atoms with Gasteiger partial charge in [0.2, 0.25) is 0 Å². The van der Waals surface area contributed by atoms with E-state index in [1.54, 1.807) is 13.2 Å². The van der Waals surface area contributed by atoms with Gasteiger partial charge in [-0.05, 0) is 39.3 Å². The molecule has 1 aromatic rings. The maximum atomic E-state index is 13.1. The summed E-state index contributed by atoms with van der Waals surface area (Å²) in [4.78, 5) is 25.5. The summed E-state index contributed by atoms with van der Waals surface area (Å²) < 4.78 is 23.3. The van der Waals surface area contributed by atoms with E-state index in [-0.39, 0.29) is 11.2 Å². The van der Waals surface area contributed by atoms with Crippen LogP contribution in [0, 0.1) is 0 Å². The Balaban J connectivity index is 2.61. The lowest BCUT2D eigenvalue weighted by Crippen LogP contribution is -2.50. The van der Waals surface area contributed by atoms with Gasteiger partial charge in [0.25, 0.3) is 13.9 Å². The molecule has 7 nitrogen and oxygen atoms in total. The first-order valence-corrected chi connectivity index (χ1v) is 18.7. The molecule has 1 aliphatic rings. The molecule has 0 spiro atoms. The molecule has 2 heterocycles. The van der Waals surface area contributed by atoms with E-state index in [0.717, 1.165) is 10.3 Å². The molecule has 2 rings (SSSR count). The normalized spacial score (nSPS) is 19.1. The smallest absolute Gasteiger partial charge is 0.330 e. The van der Waals surface area contributed by atoms with Crippen LogP contribution in [0.25, 0.3) is 0 Å². The molecule has 218 valence electrons. The molecular weight excluding hydrogens is 513 g/mol. The van der Waals surface area contributed by atoms with Gasteiger partial charge in [0, 0.05) is 20.3 Å². The molecule has 0 aromatic carbocycles. The van der Waals surface area contributed by atoms with Crippen molar-refractivity contribution in [3.8, 4) is 0 Å². The average molecular weight is 567 g/mol. The number of aryl methyl sites for hydroxylation is 1. The van der Waals surface area contributed by atoms with Crippen LogP contribution in [0.5, 0.6) is 0 Å². The molecule has 0 saturated carbocycles. The van der Waals surface area contributed by atoms with E-state index in [2.05, 4.69) is 83.1 Å². The van der Waals surface area contributed by atoms with Crippen molar-refractivity contribution in [2.24, 2.45) is 14.1 Å². The quantitative estimate of drug-likeness (QED) is 0.260. The van der Waals surface area contributed by atoms with Crippen LogP contribution in [-0.2, 0) is 27.7 Å². The molecule has 0 unspecified atom stereocenters. The highest BCUT2D eigenvalue weighted by Crippen LogP contribution is 2.47. The van der Waals surface area contributed by atoms with E-state index in [9.17, 15) is 9.59 Å². The molecule has 0 bridgehead atoms. The van der Waals surface area contributed by atoms with Crippen LogP contribution in [-0.4, -0.2) is 38.5 Å². The van der Waals surface area contributed by atoms with Crippen LogP contribution in [0.1, 0.15) is 94.8 Å². The van der Waals surface area contributed by atoms with Crippen molar-refractivity contribution in [3.63, 3.8) is 0 Å². The van der Waals surface area contributed by atoms with Gasteiger partial charge in [0.15, 0.2) is 8.32 Å². The number of nitrogens with zero attached hydrogens (tertiary/aromatic N) is 2. The van der Waals surface area contributed by atoms with Gasteiger partial charge in [-0.25, -0.2) is 4.79 Å². The second-order valence-corrected chi connectivity index (χ2v) is 23.8. The highest BCUT2D eigenvalue weighted by molar-refractivity contribution is 6.78. The summed E-state index contributed by atoms with van der Waals surface area (Å²) in [5, 5.41) is 0. The predicted octanol–water partition coefficient (Wildman–Crippen LogP) is 6.79. The van der Waals surface area contributed by atoms with Crippen molar-refractivity contribution in [3.05, 3.63) is 44.4 Å². The first-order chi connectivity index (χ1) is 17.4. The predicted molar refractivity (Wildman–Crippen MR) is 162 cm³/mol. The fraction of sp³-hybridized carbons (Fsp3) is 0.793. The molecule has 0 amide bonds. The number of hydrogen-bond donors (Lipinski definition) is 0. The molecule has 9 heteroatoms. The van der Waals surface area contributed by atoms with Crippen molar-refractivity contribution >= 4 is 16.6 Å². The molecule has 1 aliphatic heterocycles. The van der Waals surface area contributed by atoms with Crippen molar-refractivity contribution in [1.82, 2.24) is 9.13 Å². The lowest BCUT2D eigenvalue weighted by molar-refractivity contribution is 0.00794. The standard InChI is InChI=1S/C29H54N2O5Si2/c1-18(2)37(19(3)4,20(5)6)34-17-27-26(36-38(21(7)8,22(9)10)23(11)12)15-25(35-27)24-16-30(13)29(33)31(14)28(24)32/h15-16,18-23,25,27H,17H2,1-14H3/t25-,27-/m1/s1. The topological polar surface area (TPSA) is 71.7 Å². The molecule has 0 radical (unpaired) electrons. The van der Waals surface area contributed by atoms with Gasteiger partial charge < -0.3 is 18.2 Å². The molecule has 0 N–H and O–H groups in total. The Bertz CT molecular complexity index is 1060. The van der Waals surface area contributed by atoms with Crippen LogP contribution in [0.4, 0.5) is 0 Å². The van der Waals surface area contributed by atoms with Gasteiger partial charge in [-0.2, -0.15) is 0 Å². The summed E-state index contributed by atoms with van der Waals surface area (Å²) in [6.07, 6.45) is 2.55. The van der Waals surface area contributed by atoms with Crippen molar-refractivity contribution in [1.29, 1.82) is 0 Å². The lowest BCUT2D eigenvalue weighted by Gasteiger charge is -2.44. The van der Waals surface area contributed by atoms with E-state index >= 15 is 0 Å². The minimum absolute atomic E-state index is 0.342. The first-order valence-electron chi connectivity index (χ1n) is 14.4. The Kier molecular flexibility index (Phi) is 10.7. The number of ether oxygens (including phenoxy) is 1. The second-order valence-electron chi connectivity index (χ2n) is 13.0. The zero-order valence-electron chi connectivity index (χ0n) is 26.4. The van der Waals surface area contributed by atoms with Gasteiger partial charge in [-0.15, -0.1) is 0 Å². The average Bonchev–Trinajstić information content (AvgIpc) is 3.19. The first kappa shape index (κ1) is 32.8. The Labute approximate surface area is 232 Å². The maximum Gasteiger partial charge on any atom is 0.330 e. The minimum atomic E-state index is -2.28. The summed E-state index contributed by atoms with van der Waals surface area (Å²) in [5.41, 5.74) is 2.25. The Morgan fingerprint density at radius 3 is 1.66 bits per heavy atom. The Morgan fingerprint density at radius 2 is 1.24 bits per heavy atom. The van der Waals surface area contributed by atoms with Gasteiger partial charge >= 0.3 is 5.69 Å². The van der Waals surface area contributed by atoms with Crippen molar-refractivity contribution < 1.29 is 13.6 Å². The molecule has 2 atom stereocenters. The van der Waals surface area contributed by atoms with E-state index in [4.69, 9.17) is 13.6 Å². The molecule has 0 saturated heterocycles. The van der Waals surface area contributed by atoms with Crippen LogP contribution in [0.15, 0.2) is 27.6 Å². The summed E-state index contributed by atoms with van der Waals surface area (Å²) in [7, 11) is -1.27. The summed E-state index contributed by atoms with van der Waals surface area (Å²) in [6.45, 7) is 27.7. The molecule has 0 aliphatic carbocycles. The summed E-state index contributed by atoms with van der Waals surface area (Å²) >= 11 is 0. The van der Waals surface area contributed by atoms with E-state index in [1.165, 1.54) is 11.6 Å². The van der Waals surface area contributed by atoms with Gasteiger partial charge in [0.05, 0.1) is 12.2 Å². The van der Waals surface area contributed by atoms with Crippen LogP contribution < -0.4 is 11.2 Å². The zero-order valence-corrected chi connectivity index (χ0v) is 28.4. The fourth-order valence-corrected chi connectivity index (χ4v) is 18.0. The zero-order chi connectivity index (χ0) is 29.3. The van der Waals surface area contributed by atoms with E-state index in [1.807, 2.05) is 6.08 Å². The third kappa shape index (κ3) is 5.86. The molecular formula is C29H54N2O5Si2. The van der Waals surface area contributed by atoms with E-state index < -0.39 is 28.8 Å². The highest BCUT2D eigenvalue weighted by atomic mass is 28.4. The second kappa shape index (κ2) is 12.4. The third-order valence-electron chi connectivity index (χ3n) is 8.92. The van der Waals surface area contributed by atoms with Gasteiger partial charge in [-0.3, -0.25) is 9.36 Å². The molecule has 0 fully saturated rings. The van der Waals surface area contributed by atoms with Crippen LogP contribution in [0.2, 0.25) is 33.2 Å². The van der Waals surface area contributed by atoms with Gasteiger partial charge in [0.1, 0.15) is 18.0 Å². The molecule has 1 aromatic heterocycles. The van der Waals surface area contributed by atoms with Crippen LogP contribution in [0.3, 0.4) is 0 Å². The highest BCUT2D eigenvalue weighted by Gasteiger charge is 2.50. The van der Waals surface area contributed by atoms with Gasteiger partial charge in [-0.1, -0.05) is 83.1 Å². The molecule has 38 heavy (non-hydrogen) atoms. The number of rotatable bonds is 12. The minimum Gasteiger partial charge on any atom is -0.544 e. The number of aromatic nitrogens is 2. The maximum absolute atomic E-state index is 13.1. The SMILES string of the molecule is CC(C)[Si](OC[C@H]1O[C@@H](c2cn(C)c(=O)n(C)c2=O)C=C1O[Si](C(C)C)(C(C)C)C(C)C)(C(C)C)C(C)C. The summed E-state index contributed by atoms with van der Waals surface area (Å²) in [6, 6.07) is 0. The van der Waals surface area contributed by atoms with Crippen molar-refractivity contribution in [2.45, 2.75) is 129 Å². The third-order valence-corrected chi connectivity index (χ3v) is 21.0. The van der Waals surface area contributed by atoms with Crippen molar-refractivity contribution in [2.75, 3.05) is 6.61 Å².